The minimum atomic E-state index is 0.122. The van der Waals surface area contributed by atoms with E-state index in [1.54, 1.807) is 0 Å². The summed E-state index contributed by atoms with van der Waals surface area (Å²) in [7, 11) is 0. The lowest BCUT2D eigenvalue weighted by Gasteiger charge is -2.22. The molecule has 0 heteroatoms. The minimum Gasteiger partial charge on any atom is -0.0616 e. The van der Waals surface area contributed by atoms with Crippen molar-refractivity contribution in [2.45, 2.75) is 26.2 Å². The van der Waals surface area contributed by atoms with E-state index in [0.29, 0.717) is 0 Å². The largest absolute Gasteiger partial charge is 0.107 e. The van der Waals surface area contributed by atoms with E-state index in [9.17, 15) is 0 Å². The highest BCUT2D eigenvalue weighted by molar-refractivity contribution is 6.13. The van der Waals surface area contributed by atoms with Gasteiger partial charge in [0, 0.05) is 28.5 Å². The zero-order chi connectivity index (χ0) is 27.0. The van der Waals surface area contributed by atoms with Gasteiger partial charge < -0.3 is 0 Å². The van der Waals surface area contributed by atoms with Crippen LogP contribution in [0.4, 0.5) is 0 Å². The molecule has 40 heavy (non-hydrogen) atoms. The molecule has 0 atom stereocenters. The molecule has 0 heterocycles. The predicted octanol–water partition coefficient (Wildman–Crippen LogP) is 9.95. The number of rotatable bonds is 2. The van der Waals surface area contributed by atoms with Crippen LogP contribution in [0.15, 0.2) is 115 Å². The van der Waals surface area contributed by atoms with Crippen LogP contribution in [0, 0.1) is 12.3 Å². The lowest BCUT2D eigenvalue weighted by molar-refractivity contribution is 0.591. The normalized spacial score (nSPS) is 13.4. The molecule has 0 aliphatic heterocycles. The Labute approximate surface area is 235 Å². The molecule has 1 aliphatic rings. The zero-order valence-electron chi connectivity index (χ0n) is 23.1. The fraction of sp³-hybridized carbons (Fsp3) is 0.100. The van der Waals surface area contributed by atoms with Gasteiger partial charge in [-0.1, -0.05) is 75.4 Å². The van der Waals surface area contributed by atoms with Crippen LogP contribution in [0.3, 0.4) is 0 Å². The maximum absolute atomic E-state index is 2.38. The molecule has 0 nitrogen and oxygen atoms in total. The van der Waals surface area contributed by atoms with E-state index in [2.05, 4.69) is 149 Å². The van der Waals surface area contributed by atoms with Crippen LogP contribution in [-0.4, -0.2) is 0 Å². The van der Waals surface area contributed by atoms with E-state index in [0.717, 1.165) is 0 Å². The van der Waals surface area contributed by atoms with Crippen molar-refractivity contribution in [3.8, 4) is 11.1 Å². The summed E-state index contributed by atoms with van der Waals surface area (Å²) in [4.78, 5) is 0. The molecule has 7 aromatic carbocycles. The van der Waals surface area contributed by atoms with E-state index in [1.165, 1.54) is 82.0 Å². The van der Waals surface area contributed by atoms with Crippen molar-refractivity contribution in [3.05, 3.63) is 150 Å². The summed E-state index contributed by atoms with van der Waals surface area (Å²) in [5.41, 5.74) is 6.59. The molecule has 0 bridgehead atoms. The summed E-state index contributed by atoms with van der Waals surface area (Å²) in [6.45, 7) is 6.88. The summed E-state index contributed by atoms with van der Waals surface area (Å²) >= 11 is 0. The summed E-state index contributed by atoms with van der Waals surface area (Å²) in [5.74, 6) is 1.26. The van der Waals surface area contributed by atoms with Gasteiger partial charge in [-0.2, -0.15) is 0 Å². The van der Waals surface area contributed by atoms with Crippen LogP contribution in [0.5, 0.6) is 0 Å². The molecule has 1 radical (unpaired) electrons. The number of benzene rings is 7. The Morgan fingerprint density at radius 3 is 1.95 bits per heavy atom. The molecule has 0 unspecified atom stereocenters. The van der Waals surface area contributed by atoms with Crippen LogP contribution in [0.2, 0.25) is 0 Å². The quantitative estimate of drug-likeness (QED) is 0.160. The Bertz CT molecular complexity index is 2150. The second-order valence-corrected chi connectivity index (χ2v) is 12.3. The van der Waals surface area contributed by atoms with E-state index in [-0.39, 0.29) is 5.41 Å². The summed E-state index contributed by atoms with van der Waals surface area (Å²) in [6, 6.07) is 42.9. The van der Waals surface area contributed by atoms with Gasteiger partial charge in [0.1, 0.15) is 5.56 Å². The first kappa shape index (κ1) is 23.3. The zero-order valence-corrected chi connectivity index (χ0v) is 23.1. The second-order valence-electron chi connectivity index (χ2n) is 12.3. The lowest BCUT2D eigenvalue weighted by atomic mass is 9.79. The van der Waals surface area contributed by atoms with Crippen molar-refractivity contribution in [1.82, 2.24) is 0 Å². The predicted molar refractivity (Wildman–Crippen MR) is 172 cm³/mol. The molecule has 0 saturated carbocycles. The highest BCUT2D eigenvalue weighted by Crippen LogP contribution is 2.40. The molecule has 0 amide bonds. The van der Waals surface area contributed by atoms with Crippen molar-refractivity contribution in [1.29, 1.82) is 0 Å². The van der Waals surface area contributed by atoms with Gasteiger partial charge in [0.2, 0.25) is 0 Å². The van der Waals surface area contributed by atoms with Gasteiger partial charge in [0.05, 0.1) is 23.1 Å². The molecule has 1 aliphatic carbocycles. The summed E-state index contributed by atoms with van der Waals surface area (Å²) in [6.07, 6.45) is 4.76. The summed E-state index contributed by atoms with van der Waals surface area (Å²) in [5, 5.41) is 11.8. The molecule has 7 aromatic rings. The molecular weight excluding hydrogens is 480 g/mol. The number of hydrogen-bond acceptors (Lipinski definition) is 0. The average molecular weight is 511 g/mol. The molecular formula is C40H30+. The van der Waals surface area contributed by atoms with Crippen LogP contribution in [0.25, 0.3) is 60.3 Å². The highest BCUT2D eigenvalue weighted by atomic mass is 14.3. The van der Waals surface area contributed by atoms with Crippen molar-refractivity contribution in [2.75, 3.05) is 0 Å². The van der Waals surface area contributed by atoms with Gasteiger partial charge in [-0.3, -0.25) is 0 Å². The molecule has 0 N–H and O–H groups in total. The fourth-order valence-corrected chi connectivity index (χ4v) is 6.52. The van der Waals surface area contributed by atoms with Crippen LogP contribution in [-0.2, 0) is 5.41 Å². The average Bonchev–Trinajstić information content (AvgIpc) is 2.97. The van der Waals surface area contributed by atoms with E-state index < -0.39 is 0 Å². The van der Waals surface area contributed by atoms with Crippen molar-refractivity contribution < 1.29 is 0 Å². The second kappa shape index (κ2) is 8.47. The Morgan fingerprint density at radius 1 is 0.525 bits per heavy atom. The van der Waals surface area contributed by atoms with Crippen molar-refractivity contribution in [2.24, 2.45) is 0 Å². The monoisotopic (exact) mass is 510 g/mol. The third-order valence-corrected chi connectivity index (χ3v) is 8.65. The molecule has 189 valence electrons. The maximum Gasteiger partial charge on any atom is 0.107 e. The van der Waals surface area contributed by atoms with Crippen molar-refractivity contribution >= 4 is 49.2 Å². The highest BCUT2D eigenvalue weighted by Gasteiger charge is 2.28. The van der Waals surface area contributed by atoms with Gasteiger partial charge in [0.15, 0.2) is 0 Å². The Hall–Kier alpha value is -4.55. The lowest BCUT2D eigenvalue weighted by Crippen LogP contribution is -2.16. The standard InChI is InChI=1S/C40H30/c1-40(2,3)35-23-31-16-14-29-21-34(22-30-15-17-32(24-35)39(31)38(29)30)37-11-7-6-10-36(37)28-13-12-27-18-25-8-4-5-9-26(25)19-33(27)20-28/h4-24H,1-3H3/q+1. The number of hydrogen-bond donors (Lipinski definition) is 0. The topological polar surface area (TPSA) is 0 Å². The SMILES string of the molecule is CC(C)(C)c1cc2ccc3c4c(ccc(c1)c24)=C[C+](c1ccccc1-c1ccc2cc4ccccc4cc2c1)[CH]3. The van der Waals surface area contributed by atoms with Gasteiger partial charge in [-0.15, -0.1) is 0 Å². The molecule has 0 saturated heterocycles. The molecule has 8 rings (SSSR count). The minimum absolute atomic E-state index is 0.122. The van der Waals surface area contributed by atoms with Crippen LogP contribution < -0.4 is 5.22 Å². The van der Waals surface area contributed by atoms with Gasteiger partial charge in [-0.05, 0) is 103 Å². The summed E-state index contributed by atoms with van der Waals surface area (Å²) < 4.78 is 0. The Kier molecular flexibility index (Phi) is 4.95. The first-order chi connectivity index (χ1) is 19.4. The van der Waals surface area contributed by atoms with Crippen molar-refractivity contribution in [3.63, 3.8) is 0 Å². The smallest absolute Gasteiger partial charge is 0.0616 e. The molecule has 0 spiro atoms. The van der Waals surface area contributed by atoms with Gasteiger partial charge >= 0.3 is 0 Å². The van der Waals surface area contributed by atoms with Crippen LogP contribution in [0.1, 0.15) is 37.5 Å². The van der Waals surface area contributed by atoms with E-state index in [4.69, 9.17) is 0 Å². The molecule has 0 fully saturated rings. The van der Waals surface area contributed by atoms with Gasteiger partial charge in [0.25, 0.3) is 0 Å². The third-order valence-electron chi connectivity index (χ3n) is 8.65. The van der Waals surface area contributed by atoms with E-state index >= 15 is 0 Å². The molecule has 0 aromatic heterocycles. The Morgan fingerprint density at radius 2 is 1.18 bits per heavy atom. The maximum atomic E-state index is 2.38. The number of fused-ring (bicyclic) bond motifs is 2. The third kappa shape index (κ3) is 3.63. The first-order valence-corrected chi connectivity index (χ1v) is 14.2. The Balaban J connectivity index is 1.27. The van der Waals surface area contributed by atoms with Gasteiger partial charge in [-0.25, -0.2) is 0 Å². The fourth-order valence-electron chi connectivity index (χ4n) is 6.52. The first-order valence-electron chi connectivity index (χ1n) is 14.2. The van der Waals surface area contributed by atoms with Crippen LogP contribution >= 0.6 is 0 Å². The van der Waals surface area contributed by atoms with E-state index in [1.807, 2.05) is 0 Å².